The van der Waals surface area contributed by atoms with Gasteiger partial charge in [0.25, 0.3) is 0 Å². The van der Waals surface area contributed by atoms with Crippen molar-refractivity contribution < 1.29 is 18.0 Å². The fourth-order valence-corrected chi connectivity index (χ4v) is 4.54. The molecule has 0 aromatic heterocycles. The fourth-order valence-electron chi connectivity index (χ4n) is 4.54. The standard InChI is InChI=1S/C16H25F3N2O/c17-6-9-21-14(22)2-4-15(21)3-1-7-20(8-5-15)12-13-10-16(18,19)11-13/h13H,1-12H2/t15-/m0/s1. The number of likely N-dealkylation sites (tertiary alicyclic amines) is 2. The van der Waals surface area contributed by atoms with E-state index < -0.39 is 12.6 Å². The van der Waals surface area contributed by atoms with Gasteiger partial charge in [-0.3, -0.25) is 4.79 Å². The summed E-state index contributed by atoms with van der Waals surface area (Å²) >= 11 is 0. The molecular formula is C16H25F3N2O. The Balaban J connectivity index is 1.56. The zero-order valence-electron chi connectivity index (χ0n) is 13.0. The van der Waals surface area contributed by atoms with E-state index in [0.29, 0.717) is 6.42 Å². The highest BCUT2D eigenvalue weighted by atomic mass is 19.3. The van der Waals surface area contributed by atoms with E-state index in [-0.39, 0.29) is 36.8 Å². The van der Waals surface area contributed by atoms with Crippen molar-refractivity contribution in [1.82, 2.24) is 9.80 Å². The van der Waals surface area contributed by atoms with Crippen molar-refractivity contribution in [3.8, 4) is 0 Å². The van der Waals surface area contributed by atoms with Crippen LogP contribution in [0.15, 0.2) is 0 Å². The molecule has 0 aromatic carbocycles. The van der Waals surface area contributed by atoms with E-state index in [1.54, 1.807) is 4.90 Å². The molecule has 2 aliphatic heterocycles. The zero-order valence-corrected chi connectivity index (χ0v) is 13.0. The molecule has 0 aromatic rings. The molecule has 6 heteroatoms. The van der Waals surface area contributed by atoms with Crippen LogP contribution in [0.1, 0.15) is 44.9 Å². The topological polar surface area (TPSA) is 23.6 Å². The van der Waals surface area contributed by atoms with Crippen LogP contribution in [0.2, 0.25) is 0 Å². The van der Waals surface area contributed by atoms with E-state index in [1.807, 2.05) is 0 Å². The second-order valence-corrected chi connectivity index (χ2v) is 7.24. The normalized spacial score (nSPS) is 33.2. The van der Waals surface area contributed by atoms with E-state index in [2.05, 4.69) is 4.90 Å². The molecule has 0 unspecified atom stereocenters. The Morgan fingerprint density at radius 2 is 1.91 bits per heavy atom. The smallest absolute Gasteiger partial charge is 0.248 e. The quantitative estimate of drug-likeness (QED) is 0.796. The molecule has 0 bridgehead atoms. The number of hydrogen-bond donors (Lipinski definition) is 0. The summed E-state index contributed by atoms with van der Waals surface area (Å²) in [4.78, 5) is 16.0. The van der Waals surface area contributed by atoms with Gasteiger partial charge in [0.1, 0.15) is 6.67 Å². The molecule has 3 nitrogen and oxygen atoms in total. The van der Waals surface area contributed by atoms with Crippen molar-refractivity contribution in [2.24, 2.45) is 5.92 Å². The van der Waals surface area contributed by atoms with E-state index in [0.717, 1.165) is 45.3 Å². The lowest BCUT2D eigenvalue weighted by Gasteiger charge is -2.39. The fraction of sp³-hybridized carbons (Fsp3) is 0.938. The molecule has 0 N–H and O–H groups in total. The van der Waals surface area contributed by atoms with Gasteiger partial charge in [-0.05, 0) is 38.1 Å². The van der Waals surface area contributed by atoms with Crippen molar-refractivity contribution in [2.45, 2.75) is 56.4 Å². The summed E-state index contributed by atoms with van der Waals surface area (Å²) in [6, 6.07) is 0. The second-order valence-electron chi connectivity index (χ2n) is 7.24. The first-order valence-corrected chi connectivity index (χ1v) is 8.41. The predicted molar refractivity (Wildman–Crippen MR) is 77.6 cm³/mol. The molecule has 1 aliphatic carbocycles. The van der Waals surface area contributed by atoms with Gasteiger partial charge in [0.2, 0.25) is 11.8 Å². The average Bonchev–Trinajstić information content (AvgIpc) is 2.61. The molecule has 0 radical (unpaired) electrons. The van der Waals surface area contributed by atoms with Gasteiger partial charge >= 0.3 is 0 Å². The second kappa shape index (κ2) is 6.02. The maximum absolute atomic E-state index is 12.9. The summed E-state index contributed by atoms with van der Waals surface area (Å²) in [7, 11) is 0. The average molecular weight is 318 g/mol. The number of rotatable bonds is 4. The van der Waals surface area contributed by atoms with Crippen LogP contribution in [0.3, 0.4) is 0 Å². The number of alkyl halides is 3. The molecule has 2 heterocycles. The minimum Gasteiger partial charge on any atom is -0.334 e. The van der Waals surface area contributed by atoms with Gasteiger partial charge in [-0.1, -0.05) is 0 Å². The molecule has 1 amide bonds. The third-order valence-electron chi connectivity index (χ3n) is 5.69. The summed E-state index contributed by atoms with van der Waals surface area (Å²) < 4.78 is 38.6. The van der Waals surface area contributed by atoms with Crippen LogP contribution in [-0.2, 0) is 4.79 Å². The lowest BCUT2D eigenvalue weighted by Crippen LogP contribution is -2.47. The first-order valence-electron chi connectivity index (χ1n) is 8.41. The van der Waals surface area contributed by atoms with Crippen molar-refractivity contribution in [2.75, 3.05) is 32.9 Å². The van der Waals surface area contributed by atoms with Crippen LogP contribution >= 0.6 is 0 Å². The summed E-state index contributed by atoms with van der Waals surface area (Å²) in [6.07, 6.45) is 4.09. The van der Waals surface area contributed by atoms with Crippen LogP contribution < -0.4 is 0 Å². The van der Waals surface area contributed by atoms with Gasteiger partial charge in [0, 0.05) is 44.4 Å². The summed E-state index contributed by atoms with van der Waals surface area (Å²) in [5.41, 5.74) is -0.179. The molecule has 3 fully saturated rings. The van der Waals surface area contributed by atoms with Gasteiger partial charge in [0.15, 0.2) is 0 Å². The SMILES string of the molecule is O=C1CC[C@]2(CCCN(CC3CC(F)(F)C3)CC2)N1CCF. The first-order chi connectivity index (χ1) is 10.4. The first kappa shape index (κ1) is 16.1. The van der Waals surface area contributed by atoms with Gasteiger partial charge in [-0.2, -0.15) is 0 Å². The number of halogens is 3. The lowest BCUT2D eigenvalue weighted by molar-refractivity contribution is -0.132. The summed E-state index contributed by atoms with van der Waals surface area (Å²) in [5, 5.41) is 0. The molecule has 1 atom stereocenters. The van der Waals surface area contributed by atoms with Gasteiger partial charge < -0.3 is 9.80 Å². The minimum absolute atomic E-state index is 0.0150. The third-order valence-corrected chi connectivity index (χ3v) is 5.69. The molecule has 22 heavy (non-hydrogen) atoms. The molecule has 1 saturated carbocycles. The molecule has 1 spiro atoms. The number of amides is 1. The van der Waals surface area contributed by atoms with E-state index in [9.17, 15) is 18.0 Å². The molecule has 3 rings (SSSR count). The van der Waals surface area contributed by atoms with Gasteiger partial charge in [0.05, 0.1) is 0 Å². The maximum atomic E-state index is 12.9. The molecule has 2 saturated heterocycles. The van der Waals surface area contributed by atoms with Crippen LogP contribution in [-0.4, -0.2) is 60.0 Å². The molecule has 126 valence electrons. The van der Waals surface area contributed by atoms with Gasteiger partial charge in [-0.15, -0.1) is 0 Å². The third kappa shape index (κ3) is 3.12. The summed E-state index contributed by atoms with van der Waals surface area (Å²) in [5.74, 6) is -2.27. The van der Waals surface area contributed by atoms with Crippen molar-refractivity contribution >= 4 is 5.91 Å². The Morgan fingerprint density at radius 3 is 2.59 bits per heavy atom. The van der Waals surface area contributed by atoms with E-state index >= 15 is 0 Å². The predicted octanol–water partition coefficient (Wildman–Crippen LogP) is 2.85. The van der Waals surface area contributed by atoms with Crippen LogP contribution in [0.5, 0.6) is 0 Å². The Kier molecular flexibility index (Phi) is 4.40. The van der Waals surface area contributed by atoms with Crippen LogP contribution in [0, 0.1) is 5.92 Å². The van der Waals surface area contributed by atoms with Crippen molar-refractivity contribution in [1.29, 1.82) is 0 Å². The Bertz CT molecular complexity index is 424. The molecular weight excluding hydrogens is 293 g/mol. The van der Waals surface area contributed by atoms with E-state index in [1.165, 1.54) is 0 Å². The van der Waals surface area contributed by atoms with Crippen molar-refractivity contribution in [3.63, 3.8) is 0 Å². The van der Waals surface area contributed by atoms with Crippen molar-refractivity contribution in [3.05, 3.63) is 0 Å². The number of hydrogen-bond acceptors (Lipinski definition) is 2. The highest BCUT2D eigenvalue weighted by Gasteiger charge is 2.47. The number of carbonyl (C=O) groups excluding carboxylic acids is 1. The highest BCUT2D eigenvalue weighted by Crippen LogP contribution is 2.43. The van der Waals surface area contributed by atoms with Gasteiger partial charge in [-0.25, -0.2) is 13.2 Å². The monoisotopic (exact) mass is 318 g/mol. The number of carbonyl (C=O) groups is 1. The number of nitrogens with zero attached hydrogens (tertiary/aromatic N) is 2. The lowest BCUT2D eigenvalue weighted by atomic mass is 9.81. The Hall–Kier alpha value is -0.780. The Labute approximate surface area is 129 Å². The van der Waals surface area contributed by atoms with Crippen LogP contribution in [0.25, 0.3) is 0 Å². The Morgan fingerprint density at radius 1 is 1.14 bits per heavy atom. The summed E-state index contributed by atoms with van der Waals surface area (Å²) in [6.45, 7) is 2.18. The minimum atomic E-state index is -2.45. The largest absolute Gasteiger partial charge is 0.334 e. The molecule has 3 aliphatic rings. The van der Waals surface area contributed by atoms with E-state index in [4.69, 9.17) is 0 Å². The maximum Gasteiger partial charge on any atom is 0.248 e. The van der Waals surface area contributed by atoms with Crippen LogP contribution in [0.4, 0.5) is 13.2 Å². The zero-order chi connectivity index (χ0) is 15.8. The highest BCUT2D eigenvalue weighted by molar-refractivity contribution is 5.79.